The van der Waals surface area contributed by atoms with Crippen LogP contribution in [0.2, 0.25) is 0 Å². The molecule has 0 aliphatic rings. The molecule has 0 fully saturated rings. The smallest absolute Gasteiger partial charge is 0.375 e. The summed E-state index contributed by atoms with van der Waals surface area (Å²) < 4.78 is 16.0. The largest absolute Gasteiger partial charge is 0.494 e. The Balaban J connectivity index is 1.76. The van der Waals surface area contributed by atoms with Gasteiger partial charge >= 0.3 is 5.97 Å². The SMILES string of the molecule is CCOc1ccc([C@@H](OC(=O)c2ccco2)C(=O)NCc2ccc(C)cc2)cc1. The van der Waals surface area contributed by atoms with E-state index in [0.29, 0.717) is 24.5 Å². The minimum Gasteiger partial charge on any atom is -0.494 e. The maximum atomic E-state index is 12.8. The Labute approximate surface area is 169 Å². The Morgan fingerprint density at radius 3 is 2.38 bits per heavy atom. The first-order valence-corrected chi connectivity index (χ1v) is 9.37. The highest BCUT2D eigenvalue weighted by Gasteiger charge is 2.26. The average Bonchev–Trinajstić information content (AvgIpc) is 3.27. The second-order valence-corrected chi connectivity index (χ2v) is 6.47. The molecule has 0 aliphatic carbocycles. The lowest BCUT2D eigenvalue weighted by Gasteiger charge is -2.18. The summed E-state index contributed by atoms with van der Waals surface area (Å²) in [6.45, 7) is 4.75. The minimum absolute atomic E-state index is 0.0345. The zero-order valence-electron chi connectivity index (χ0n) is 16.4. The van der Waals surface area contributed by atoms with Gasteiger partial charge in [0.25, 0.3) is 5.91 Å². The monoisotopic (exact) mass is 393 g/mol. The van der Waals surface area contributed by atoms with E-state index >= 15 is 0 Å². The molecule has 0 spiro atoms. The molecule has 0 saturated heterocycles. The molecule has 0 unspecified atom stereocenters. The van der Waals surface area contributed by atoms with Crippen LogP contribution in [0, 0.1) is 6.92 Å². The van der Waals surface area contributed by atoms with E-state index in [1.807, 2.05) is 38.1 Å². The Bertz CT molecular complexity index is 930. The lowest BCUT2D eigenvalue weighted by Crippen LogP contribution is -2.31. The molecule has 3 rings (SSSR count). The van der Waals surface area contributed by atoms with Crippen molar-refractivity contribution >= 4 is 11.9 Å². The molecule has 1 aromatic heterocycles. The number of furan rings is 1. The van der Waals surface area contributed by atoms with Crippen molar-refractivity contribution in [1.82, 2.24) is 5.32 Å². The third-order valence-electron chi connectivity index (χ3n) is 4.27. The van der Waals surface area contributed by atoms with Crippen molar-refractivity contribution < 1.29 is 23.5 Å². The quantitative estimate of drug-likeness (QED) is 0.580. The number of hydrogen-bond donors (Lipinski definition) is 1. The summed E-state index contributed by atoms with van der Waals surface area (Å²) in [6, 6.07) is 17.8. The number of ether oxygens (including phenoxy) is 2. The van der Waals surface area contributed by atoms with E-state index in [1.165, 1.54) is 12.3 Å². The van der Waals surface area contributed by atoms with Gasteiger partial charge in [0, 0.05) is 12.1 Å². The molecule has 29 heavy (non-hydrogen) atoms. The number of aryl methyl sites for hydroxylation is 1. The first-order chi connectivity index (χ1) is 14.1. The normalized spacial score (nSPS) is 11.5. The molecule has 150 valence electrons. The van der Waals surface area contributed by atoms with Crippen molar-refractivity contribution in [2.75, 3.05) is 6.61 Å². The van der Waals surface area contributed by atoms with Crippen LogP contribution in [0.3, 0.4) is 0 Å². The number of esters is 1. The molecule has 0 aliphatic heterocycles. The number of carbonyl (C=O) groups is 2. The minimum atomic E-state index is -1.12. The second kappa shape index (κ2) is 9.59. The van der Waals surface area contributed by atoms with E-state index in [2.05, 4.69) is 5.32 Å². The summed E-state index contributed by atoms with van der Waals surface area (Å²) >= 11 is 0. The fraction of sp³-hybridized carbons (Fsp3) is 0.217. The van der Waals surface area contributed by atoms with Gasteiger partial charge in [0.15, 0.2) is 0 Å². The third kappa shape index (κ3) is 5.48. The summed E-state index contributed by atoms with van der Waals surface area (Å²) in [5, 5.41) is 2.83. The van der Waals surface area contributed by atoms with Gasteiger partial charge in [-0.15, -0.1) is 0 Å². The van der Waals surface area contributed by atoms with E-state index in [-0.39, 0.29) is 5.76 Å². The van der Waals surface area contributed by atoms with E-state index in [1.54, 1.807) is 30.3 Å². The molecular formula is C23H23NO5. The first-order valence-electron chi connectivity index (χ1n) is 9.37. The van der Waals surface area contributed by atoms with Gasteiger partial charge in [0.1, 0.15) is 5.75 Å². The van der Waals surface area contributed by atoms with E-state index in [0.717, 1.165) is 11.1 Å². The molecule has 1 atom stereocenters. The van der Waals surface area contributed by atoms with Gasteiger partial charge in [-0.1, -0.05) is 42.0 Å². The van der Waals surface area contributed by atoms with Crippen LogP contribution in [0.1, 0.15) is 40.3 Å². The standard InChI is InChI=1S/C23H23NO5/c1-3-27-19-12-10-18(11-13-19)21(29-23(26)20-5-4-14-28-20)22(25)24-15-17-8-6-16(2)7-9-17/h4-14,21H,3,15H2,1-2H3,(H,24,25)/t21-/m1/s1. The van der Waals surface area contributed by atoms with Gasteiger partial charge in [-0.3, -0.25) is 4.79 Å². The van der Waals surface area contributed by atoms with Crippen molar-refractivity contribution in [3.8, 4) is 5.75 Å². The maximum absolute atomic E-state index is 12.8. The van der Waals surface area contributed by atoms with Gasteiger partial charge in [-0.2, -0.15) is 0 Å². The van der Waals surface area contributed by atoms with Gasteiger partial charge < -0.3 is 19.2 Å². The first kappa shape index (κ1) is 20.2. The lowest BCUT2D eigenvalue weighted by atomic mass is 10.1. The van der Waals surface area contributed by atoms with Crippen LogP contribution < -0.4 is 10.1 Å². The van der Waals surface area contributed by atoms with Crippen molar-refractivity contribution in [2.45, 2.75) is 26.5 Å². The predicted octanol–water partition coefficient (Wildman–Crippen LogP) is 4.20. The van der Waals surface area contributed by atoms with Gasteiger partial charge in [-0.05, 0) is 43.7 Å². The van der Waals surface area contributed by atoms with E-state index in [4.69, 9.17) is 13.9 Å². The molecule has 2 aromatic carbocycles. The van der Waals surface area contributed by atoms with Crippen molar-refractivity contribution in [1.29, 1.82) is 0 Å². The van der Waals surface area contributed by atoms with E-state index < -0.39 is 18.0 Å². The lowest BCUT2D eigenvalue weighted by molar-refractivity contribution is -0.130. The molecule has 1 N–H and O–H groups in total. The van der Waals surface area contributed by atoms with Crippen LogP contribution in [0.4, 0.5) is 0 Å². The molecule has 3 aromatic rings. The zero-order valence-corrected chi connectivity index (χ0v) is 16.4. The highest BCUT2D eigenvalue weighted by atomic mass is 16.6. The second-order valence-electron chi connectivity index (χ2n) is 6.47. The fourth-order valence-electron chi connectivity index (χ4n) is 2.73. The van der Waals surface area contributed by atoms with Crippen LogP contribution in [-0.2, 0) is 16.1 Å². The summed E-state index contributed by atoms with van der Waals surface area (Å²) in [5.41, 5.74) is 2.63. The van der Waals surface area contributed by atoms with Crippen LogP contribution >= 0.6 is 0 Å². The number of rotatable bonds is 8. The third-order valence-corrected chi connectivity index (χ3v) is 4.27. The number of amides is 1. The van der Waals surface area contributed by atoms with Gasteiger partial charge in [-0.25, -0.2) is 4.79 Å². The number of benzene rings is 2. The summed E-state index contributed by atoms with van der Waals surface area (Å²) in [4.78, 5) is 25.2. The van der Waals surface area contributed by atoms with Crippen molar-refractivity contribution in [3.63, 3.8) is 0 Å². The number of carbonyl (C=O) groups excluding carboxylic acids is 2. The Morgan fingerprint density at radius 2 is 1.76 bits per heavy atom. The van der Waals surface area contributed by atoms with Gasteiger partial charge in [0.05, 0.1) is 12.9 Å². The molecule has 6 heteroatoms. The molecule has 0 saturated carbocycles. The molecule has 6 nitrogen and oxygen atoms in total. The highest BCUT2D eigenvalue weighted by Crippen LogP contribution is 2.23. The highest BCUT2D eigenvalue weighted by molar-refractivity contribution is 5.90. The molecule has 0 radical (unpaired) electrons. The van der Waals surface area contributed by atoms with Crippen LogP contribution in [-0.4, -0.2) is 18.5 Å². The average molecular weight is 393 g/mol. The molecule has 0 bridgehead atoms. The summed E-state index contributed by atoms with van der Waals surface area (Å²) in [7, 11) is 0. The summed E-state index contributed by atoms with van der Waals surface area (Å²) in [6.07, 6.45) is 0.258. The van der Waals surface area contributed by atoms with Crippen LogP contribution in [0.25, 0.3) is 0 Å². The Hall–Kier alpha value is -3.54. The number of hydrogen-bond acceptors (Lipinski definition) is 5. The van der Waals surface area contributed by atoms with Gasteiger partial charge in [0.2, 0.25) is 11.9 Å². The molecule has 1 heterocycles. The van der Waals surface area contributed by atoms with Crippen molar-refractivity contribution in [2.24, 2.45) is 0 Å². The fourth-order valence-corrected chi connectivity index (χ4v) is 2.73. The Morgan fingerprint density at radius 1 is 1.03 bits per heavy atom. The molecule has 1 amide bonds. The maximum Gasteiger partial charge on any atom is 0.375 e. The molecular weight excluding hydrogens is 370 g/mol. The van der Waals surface area contributed by atoms with Crippen molar-refractivity contribution in [3.05, 3.63) is 89.4 Å². The van der Waals surface area contributed by atoms with Crippen LogP contribution in [0.5, 0.6) is 5.75 Å². The predicted molar refractivity (Wildman–Crippen MR) is 108 cm³/mol. The number of nitrogens with one attached hydrogen (secondary N) is 1. The van der Waals surface area contributed by atoms with Crippen LogP contribution in [0.15, 0.2) is 71.3 Å². The topological polar surface area (TPSA) is 77.8 Å². The van der Waals surface area contributed by atoms with E-state index in [9.17, 15) is 9.59 Å². The summed E-state index contributed by atoms with van der Waals surface area (Å²) in [5.74, 6) is -0.422. The zero-order chi connectivity index (χ0) is 20.6. The Kier molecular flexibility index (Phi) is 6.68.